The van der Waals surface area contributed by atoms with E-state index in [0.29, 0.717) is 0 Å². The number of nitrogens with one attached hydrogen (secondary N) is 1. The zero-order valence-electron chi connectivity index (χ0n) is 12.5. The molecule has 1 amide bonds. The summed E-state index contributed by atoms with van der Waals surface area (Å²) in [5, 5.41) is 3.30. The number of rotatable bonds is 3. The van der Waals surface area contributed by atoms with Crippen molar-refractivity contribution >= 4 is 17.3 Å². The number of hydrogen-bond donors (Lipinski definition) is 1. The number of anilines is 2. The normalized spacial score (nSPS) is 14.7. The molecule has 0 aromatic heterocycles. The maximum atomic E-state index is 12.7. The molecule has 0 bridgehead atoms. The van der Waals surface area contributed by atoms with E-state index in [1.165, 1.54) is 11.1 Å². The molecule has 2 aromatic carbocycles. The molecule has 0 unspecified atom stereocenters. The summed E-state index contributed by atoms with van der Waals surface area (Å²) >= 11 is 0. The van der Waals surface area contributed by atoms with E-state index in [2.05, 4.69) is 17.4 Å². The number of aryl methyl sites for hydroxylation is 1. The minimum atomic E-state index is -0.238. The molecule has 1 N–H and O–H groups in total. The van der Waals surface area contributed by atoms with Gasteiger partial charge < -0.3 is 10.2 Å². The number of para-hydroxylation sites is 1. The first-order valence-corrected chi connectivity index (χ1v) is 7.37. The average molecular weight is 280 g/mol. The molecule has 0 saturated heterocycles. The number of nitrogens with zero attached hydrogens (tertiary/aromatic N) is 1. The van der Waals surface area contributed by atoms with E-state index in [1.54, 1.807) is 0 Å². The van der Waals surface area contributed by atoms with Crippen LogP contribution in [0.4, 0.5) is 11.4 Å². The van der Waals surface area contributed by atoms with Crippen molar-refractivity contribution in [2.24, 2.45) is 0 Å². The predicted octanol–water partition coefficient (Wildman–Crippen LogP) is 3.38. The first-order chi connectivity index (χ1) is 10.1. The van der Waals surface area contributed by atoms with Gasteiger partial charge in [-0.2, -0.15) is 0 Å². The van der Waals surface area contributed by atoms with Gasteiger partial charge in [-0.1, -0.05) is 30.3 Å². The highest BCUT2D eigenvalue weighted by molar-refractivity contribution is 6.00. The molecule has 1 aliphatic heterocycles. The highest BCUT2D eigenvalue weighted by Crippen LogP contribution is 2.28. The van der Waals surface area contributed by atoms with Crippen LogP contribution in [0.2, 0.25) is 0 Å². The third kappa shape index (κ3) is 2.77. The zero-order chi connectivity index (χ0) is 14.8. The van der Waals surface area contributed by atoms with Gasteiger partial charge in [0.2, 0.25) is 5.91 Å². The van der Waals surface area contributed by atoms with E-state index in [4.69, 9.17) is 0 Å². The molecule has 0 radical (unpaired) electrons. The van der Waals surface area contributed by atoms with Crippen LogP contribution in [0.25, 0.3) is 0 Å². The molecular weight excluding hydrogens is 260 g/mol. The van der Waals surface area contributed by atoms with Crippen molar-refractivity contribution in [1.29, 1.82) is 0 Å². The predicted molar refractivity (Wildman–Crippen MR) is 86.8 cm³/mol. The van der Waals surface area contributed by atoms with Crippen LogP contribution < -0.4 is 10.2 Å². The number of amides is 1. The molecule has 108 valence electrons. The van der Waals surface area contributed by atoms with Crippen LogP contribution in [-0.2, 0) is 11.2 Å². The first-order valence-electron chi connectivity index (χ1n) is 7.37. The summed E-state index contributed by atoms with van der Waals surface area (Å²) in [6.07, 6.45) is 0.944. The number of hydrogen-bond acceptors (Lipinski definition) is 2. The highest BCUT2D eigenvalue weighted by atomic mass is 16.2. The summed E-state index contributed by atoms with van der Waals surface area (Å²) < 4.78 is 0. The van der Waals surface area contributed by atoms with Gasteiger partial charge in [-0.25, -0.2) is 0 Å². The first kappa shape index (κ1) is 13.7. The Hall–Kier alpha value is -2.29. The third-order valence-electron chi connectivity index (χ3n) is 3.92. The van der Waals surface area contributed by atoms with Crippen LogP contribution in [0, 0.1) is 6.92 Å². The Balaban J connectivity index is 1.74. The lowest BCUT2D eigenvalue weighted by molar-refractivity contribution is -0.118. The van der Waals surface area contributed by atoms with Crippen LogP contribution in [0.3, 0.4) is 0 Å². The number of fused-ring (bicyclic) bond motifs is 1. The maximum Gasteiger partial charge on any atom is 0.249 e. The summed E-state index contributed by atoms with van der Waals surface area (Å²) in [4.78, 5) is 14.6. The molecular formula is C18H20N2O. The monoisotopic (exact) mass is 280 g/mol. The van der Waals surface area contributed by atoms with Crippen molar-refractivity contribution in [3.8, 4) is 0 Å². The van der Waals surface area contributed by atoms with Crippen molar-refractivity contribution < 1.29 is 4.79 Å². The Kier molecular flexibility index (Phi) is 3.65. The molecule has 1 atom stereocenters. The molecule has 3 rings (SSSR count). The van der Waals surface area contributed by atoms with E-state index >= 15 is 0 Å². The van der Waals surface area contributed by atoms with Crippen molar-refractivity contribution in [2.45, 2.75) is 26.3 Å². The topological polar surface area (TPSA) is 32.3 Å². The van der Waals surface area contributed by atoms with E-state index in [9.17, 15) is 4.79 Å². The molecule has 1 aliphatic rings. The van der Waals surface area contributed by atoms with Crippen molar-refractivity contribution in [2.75, 3.05) is 16.8 Å². The van der Waals surface area contributed by atoms with E-state index < -0.39 is 0 Å². The molecule has 3 heteroatoms. The Morgan fingerprint density at radius 1 is 1.19 bits per heavy atom. The highest BCUT2D eigenvalue weighted by Gasteiger charge is 2.27. The van der Waals surface area contributed by atoms with Crippen molar-refractivity contribution in [1.82, 2.24) is 0 Å². The quantitative estimate of drug-likeness (QED) is 0.934. The smallest absolute Gasteiger partial charge is 0.249 e. The summed E-state index contributed by atoms with van der Waals surface area (Å²) in [6.45, 7) is 4.75. The van der Waals surface area contributed by atoms with Gasteiger partial charge in [0.05, 0.1) is 0 Å². The maximum absolute atomic E-state index is 12.7. The standard InChI is InChI=1S/C18H20N2O/c1-13-6-5-8-16(12-13)19-14(2)18(21)20-11-10-15-7-3-4-9-17(15)20/h3-9,12,14,19H,10-11H2,1-2H3/t14-/m0/s1. The summed E-state index contributed by atoms with van der Waals surface area (Å²) in [5.74, 6) is 0.126. The van der Waals surface area contributed by atoms with Crippen LogP contribution >= 0.6 is 0 Å². The Morgan fingerprint density at radius 2 is 2.00 bits per heavy atom. The van der Waals surface area contributed by atoms with Gasteiger partial charge in [0.15, 0.2) is 0 Å². The fraction of sp³-hybridized carbons (Fsp3) is 0.278. The molecule has 0 spiro atoms. The van der Waals surface area contributed by atoms with Crippen molar-refractivity contribution in [3.63, 3.8) is 0 Å². The lowest BCUT2D eigenvalue weighted by Gasteiger charge is -2.23. The fourth-order valence-electron chi connectivity index (χ4n) is 2.85. The van der Waals surface area contributed by atoms with E-state index in [1.807, 2.05) is 55.1 Å². The third-order valence-corrected chi connectivity index (χ3v) is 3.92. The minimum absolute atomic E-state index is 0.126. The Morgan fingerprint density at radius 3 is 2.81 bits per heavy atom. The number of carbonyl (C=O) groups is 1. The van der Waals surface area contributed by atoms with Gasteiger partial charge in [0, 0.05) is 17.9 Å². The van der Waals surface area contributed by atoms with Gasteiger partial charge >= 0.3 is 0 Å². The average Bonchev–Trinajstić information content (AvgIpc) is 2.90. The molecule has 2 aromatic rings. The van der Waals surface area contributed by atoms with Crippen LogP contribution in [0.15, 0.2) is 48.5 Å². The number of carbonyl (C=O) groups excluding carboxylic acids is 1. The van der Waals surface area contributed by atoms with Gasteiger partial charge in [-0.3, -0.25) is 4.79 Å². The summed E-state index contributed by atoms with van der Waals surface area (Å²) in [5.41, 5.74) is 4.49. The number of benzene rings is 2. The largest absolute Gasteiger partial charge is 0.374 e. The Labute approximate surface area is 125 Å². The van der Waals surface area contributed by atoms with Gasteiger partial charge in [0.25, 0.3) is 0 Å². The van der Waals surface area contributed by atoms with Crippen LogP contribution in [-0.4, -0.2) is 18.5 Å². The van der Waals surface area contributed by atoms with E-state index in [0.717, 1.165) is 24.3 Å². The second-order valence-corrected chi connectivity index (χ2v) is 5.60. The van der Waals surface area contributed by atoms with Crippen LogP contribution in [0.5, 0.6) is 0 Å². The molecule has 1 heterocycles. The molecule has 0 fully saturated rings. The Bertz CT molecular complexity index is 666. The molecule has 0 saturated carbocycles. The second kappa shape index (κ2) is 5.60. The summed E-state index contributed by atoms with van der Waals surface area (Å²) in [6, 6.07) is 16.0. The van der Waals surface area contributed by atoms with E-state index in [-0.39, 0.29) is 11.9 Å². The van der Waals surface area contributed by atoms with Gasteiger partial charge in [-0.05, 0) is 49.6 Å². The zero-order valence-corrected chi connectivity index (χ0v) is 12.5. The summed E-state index contributed by atoms with van der Waals surface area (Å²) in [7, 11) is 0. The lowest BCUT2D eigenvalue weighted by Crippen LogP contribution is -2.40. The van der Waals surface area contributed by atoms with Gasteiger partial charge in [0.1, 0.15) is 6.04 Å². The molecule has 0 aliphatic carbocycles. The van der Waals surface area contributed by atoms with Crippen LogP contribution in [0.1, 0.15) is 18.1 Å². The lowest BCUT2D eigenvalue weighted by atomic mass is 10.1. The fourth-order valence-corrected chi connectivity index (χ4v) is 2.85. The second-order valence-electron chi connectivity index (χ2n) is 5.60. The van der Waals surface area contributed by atoms with Crippen molar-refractivity contribution in [3.05, 3.63) is 59.7 Å². The minimum Gasteiger partial charge on any atom is -0.374 e. The molecule has 3 nitrogen and oxygen atoms in total. The SMILES string of the molecule is Cc1cccc(N[C@@H](C)C(=O)N2CCc3ccccc32)c1. The molecule has 21 heavy (non-hydrogen) atoms. The van der Waals surface area contributed by atoms with Gasteiger partial charge in [-0.15, -0.1) is 0 Å².